The number of methoxy groups -OCH3 is 2. The van der Waals surface area contributed by atoms with Crippen molar-refractivity contribution in [3.8, 4) is 11.5 Å². The number of carbonyl (C=O) groups is 1. The van der Waals surface area contributed by atoms with Gasteiger partial charge in [-0.3, -0.25) is 4.79 Å². The average Bonchev–Trinajstić information content (AvgIpc) is 2.73. The number of benzene rings is 2. The molecule has 27 heavy (non-hydrogen) atoms. The molecule has 1 aliphatic heterocycles. The second-order valence-electron chi connectivity index (χ2n) is 6.20. The zero-order valence-electron chi connectivity index (χ0n) is 15.1. The molecular formula is C20H22O7. The minimum absolute atomic E-state index is 0.178. The van der Waals surface area contributed by atoms with E-state index in [4.69, 9.17) is 18.9 Å². The number of aliphatic hydroxyl groups excluding tert-OH is 1. The average molecular weight is 374 g/mol. The number of Topliss-reactive ketones (excluding diaryl/α,β-unsaturated/α-hetero) is 1. The van der Waals surface area contributed by atoms with Gasteiger partial charge in [0, 0.05) is 0 Å². The van der Waals surface area contributed by atoms with Crippen molar-refractivity contribution >= 4 is 5.78 Å². The monoisotopic (exact) mass is 374 g/mol. The van der Waals surface area contributed by atoms with Crippen molar-refractivity contribution < 1.29 is 34.0 Å². The van der Waals surface area contributed by atoms with Crippen LogP contribution in [0.1, 0.15) is 11.1 Å². The molecule has 2 aromatic rings. The summed E-state index contributed by atoms with van der Waals surface area (Å²) < 4.78 is 20.9. The zero-order valence-corrected chi connectivity index (χ0v) is 15.1. The molecule has 0 bridgehead atoms. The lowest BCUT2D eigenvalue weighted by atomic mass is 9.81. The maximum absolute atomic E-state index is 11.6. The fourth-order valence-corrected chi connectivity index (χ4v) is 3.02. The van der Waals surface area contributed by atoms with Crippen molar-refractivity contribution in [3.05, 3.63) is 59.7 Å². The van der Waals surface area contributed by atoms with E-state index in [-0.39, 0.29) is 19.0 Å². The Balaban J connectivity index is 2.02. The van der Waals surface area contributed by atoms with E-state index >= 15 is 0 Å². The van der Waals surface area contributed by atoms with Crippen LogP contribution in [0.5, 0.6) is 11.5 Å². The number of hydrogen-bond donors (Lipinski definition) is 2. The summed E-state index contributed by atoms with van der Waals surface area (Å²) in [4.78, 5) is 11.3. The lowest BCUT2D eigenvalue weighted by molar-refractivity contribution is -0.246. The van der Waals surface area contributed by atoms with Gasteiger partial charge in [0.1, 0.15) is 36.4 Å². The van der Waals surface area contributed by atoms with Crippen molar-refractivity contribution in [2.45, 2.75) is 18.0 Å². The highest BCUT2D eigenvalue weighted by Gasteiger charge is 2.46. The molecule has 0 spiro atoms. The number of aliphatic hydroxyl groups is 2. The number of ketones is 1. The number of carbonyl (C=O) groups excluding carboxylic acids is 1. The van der Waals surface area contributed by atoms with E-state index in [9.17, 15) is 15.0 Å². The molecule has 1 aliphatic rings. The minimum Gasteiger partial charge on any atom is -0.497 e. The van der Waals surface area contributed by atoms with Gasteiger partial charge in [-0.15, -0.1) is 0 Å². The molecule has 2 aromatic carbocycles. The smallest absolute Gasteiger partial charge is 0.188 e. The predicted molar refractivity (Wildman–Crippen MR) is 95.7 cm³/mol. The summed E-state index contributed by atoms with van der Waals surface area (Å²) >= 11 is 0. The van der Waals surface area contributed by atoms with Crippen molar-refractivity contribution in [3.63, 3.8) is 0 Å². The van der Waals surface area contributed by atoms with Gasteiger partial charge in [0.2, 0.25) is 0 Å². The molecule has 1 unspecified atom stereocenters. The lowest BCUT2D eigenvalue weighted by Gasteiger charge is -2.38. The Labute approximate surface area is 157 Å². The molecule has 0 aromatic heterocycles. The van der Waals surface area contributed by atoms with Crippen LogP contribution < -0.4 is 9.47 Å². The molecule has 2 N–H and O–H groups in total. The molecule has 3 rings (SSSR count). The maximum Gasteiger partial charge on any atom is 0.188 e. The van der Waals surface area contributed by atoms with Crippen molar-refractivity contribution in [1.82, 2.24) is 0 Å². The Kier molecular flexibility index (Phi) is 5.76. The topological polar surface area (TPSA) is 94.5 Å². The molecule has 0 radical (unpaired) electrons. The molecule has 1 fully saturated rings. The van der Waals surface area contributed by atoms with Crippen LogP contribution in [0.2, 0.25) is 0 Å². The van der Waals surface area contributed by atoms with Crippen LogP contribution in [0.4, 0.5) is 0 Å². The van der Waals surface area contributed by atoms with Gasteiger partial charge in [0.25, 0.3) is 0 Å². The van der Waals surface area contributed by atoms with Gasteiger partial charge in [-0.2, -0.15) is 0 Å². The summed E-state index contributed by atoms with van der Waals surface area (Å²) in [6.45, 7) is -0.355. The van der Waals surface area contributed by atoms with Gasteiger partial charge in [-0.25, -0.2) is 0 Å². The highest BCUT2D eigenvalue weighted by molar-refractivity contribution is 5.81. The summed E-state index contributed by atoms with van der Waals surface area (Å²) in [5.74, 6) is 0.998. The second-order valence-corrected chi connectivity index (χ2v) is 6.20. The van der Waals surface area contributed by atoms with Gasteiger partial charge >= 0.3 is 0 Å². The van der Waals surface area contributed by atoms with Gasteiger partial charge in [-0.1, -0.05) is 24.3 Å². The van der Waals surface area contributed by atoms with Gasteiger partial charge in [0.05, 0.1) is 14.2 Å². The highest BCUT2D eigenvalue weighted by Crippen LogP contribution is 2.37. The minimum atomic E-state index is -1.84. The fourth-order valence-electron chi connectivity index (χ4n) is 3.02. The molecule has 0 saturated carbocycles. The molecule has 7 nitrogen and oxygen atoms in total. The summed E-state index contributed by atoms with van der Waals surface area (Å²) in [6, 6.07) is 13.3. The Bertz CT molecular complexity index is 712. The summed E-state index contributed by atoms with van der Waals surface area (Å²) in [5.41, 5.74) is -1.00. The summed E-state index contributed by atoms with van der Waals surface area (Å²) in [5, 5.41) is 22.6. The van der Waals surface area contributed by atoms with E-state index in [0.717, 1.165) is 0 Å². The largest absolute Gasteiger partial charge is 0.497 e. The molecule has 1 heterocycles. The van der Waals surface area contributed by atoms with Crippen LogP contribution >= 0.6 is 0 Å². The number of ether oxygens (including phenoxy) is 4. The predicted octanol–water partition coefficient (Wildman–Crippen LogP) is 1.24. The standard InChI is InChI=1S/C20H22O7/c1-24-16-7-3-13(4-8-16)20(23,14-5-9-17(25-2)10-6-14)18(22)19-26-11-15(21)12-27-19/h3-10,18-19,22-23H,11-12H2,1-2H3. The number of hydrogen-bond acceptors (Lipinski definition) is 7. The van der Waals surface area contributed by atoms with Crippen LogP contribution in [0.15, 0.2) is 48.5 Å². The Morgan fingerprint density at radius 1 is 0.926 bits per heavy atom. The quantitative estimate of drug-likeness (QED) is 0.786. The molecule has 1 atom stereocenters. The first kappa shape index (κ1) is 19.3. The van der Waals surface area contributed by atoms with E-state index in [2.05, 4.69) is 0 Å². The maximum atomic E-state index is 11.6. The van der Waals surface area contributed by atoms with E-state index in [1.165, 1.54) is 0 Å². The van der Waals surface area contributed by atoms with Crippen LogP contribution in [-0.2, 0) is 19.9 Å². The molecule has 144 valence electrons. The summed E-state index contributed by atoms with van der Waals surface area (Å²) in [7, 11) is 3.08. The van der Waals surface area contributed by atoms with Crippen molar-refractivity contribution in [2.24, 2.45) is 0 Å². The highest BCUT2D eigenvalue weighted by atomic mass is 16.7. The third kappa shape index (κ3) is 3.81. The SMILES string of the molecule is COc1ccc(C(O)(c2ccc(OC)cc2)C(O)C2OCC(=O)CO2)cc1. The molecule has 0 amide bonds. The third-order valence-corrected chi connectivity index (χ3v) is 4.56. The van der Waals surface area contributed by atoms with Crippen LogP contribution in [-0.4, -0.2) is 55.8 Å². The van der Waals surface area contributed by atoms with Crippen LogP contribution in [0.3, 0.4) is 0 Å². The van der Waals surface area contributed by atoms with E-state index < -0.39 is 18.0 Å². The molecule has 0 aliphatic carbocycles. The van der Waals surface area contributed by atoms with Gasteiger partial charge < -0.3 is 29.2 Å². The Morgan fingerprint density at radius 2 is 1.33 bits per heavy atom. The summed E-state index contributed by atoms with van der Waals surface area (Å²) in [6.07, 6.45) is -2.63. The van der Waals surface area contributed by atoms with E-state index in [1.807, 2.05) is 0 Å². The van der Waals surface area contributed by atoms with Gasteiger partial charge in [-0.05, 0) is 35.4 Å². The molecule has 1 saturated heterocycles. The zero-order chi connectivity index (χ0) is 19.4. The van der Waals surface area contributed by atoms with Crippen molar-refractivity contribution in [2.75, 3.05) is 27.4 Å². The second kappa shape index (κ2) is 8.06. The Hall–Kier alpha value is -2.45. The first-order valence-corrected chi connectivity index (χ1v) is 8.43. The normalized spacial score (nSPS) is 16.8. The molecule has 7 heteroatoms. The van der Waals surface area contributed by atoms with E-state index in [1.54, 1.807) is 62.8 Å². The molecular weight excluding hydrogens is 352 g/mol. The van der Waals surface area contributed by atoms with Crippen LogP contribution in [0.25, 0.3) is 0 Å². The van der Waals surface area contributed by atoms with Crippen LogP contribution in [0, 0.1) is 0 Å². The first-order valence-electron chi connectivity index (χ1n) is 8.43. The number of rotatable bonds is 6. The van der Waals surface area contributed by atoms with Crippen molar-refractivity contribution in [1.29, 1.82) is 0 Å². The lowest BCUT2D eigenvalue weighted by Crippen LogP contribution is -2.52. The fraction of sp³-hybridized carbons (Fsp3) is 0.350. The van der Waals surface area contributed by atoms with Gasteiger partial charge in [0.15, 0.2) is 12.1 Å². The third-order valence-electron chi connectivity index (χ3n) is 4.56. The van der Waals surface area contributed by atoms with E-state index in [0.29, 0.717) is 22.6 Å². The Morgan fingerprint density at radius 3 is 1.70 bits per heavy atom. The first-order chi connectivity index (χ1) is 13.0.